The van der Waals surface area contributed by atoms with Crippen molar-refractivity contribution in [2.45, 2.75) is 64.3 Å². The molecule has 0 aromatic heterocycles. The third kappa shape index (κ3) is 4.23. The van der Waals surface area contributed by atoms with Gasteiger partial charge in [0.05, 0.1) is 0 Å². The molecule has 1 aliphatic carbocycles. The molecule has 0 bridgehead atoms. The van der Waals surface area contributed by atoms with E-state index in [1.54, 1.807) is 0 Å². The molecular formula is C18H28N2O. The molecule has 0 radical (unpaired) electrons. The first kappa shape index (κ1) is 15.9. The van der Waals surface area contributed by atoms with Gasteiger partial charge in [-0.3, -0.25) is 4.79 Å². The zero-order valence-corrected chi connectivity index (χ0v) is 13.3. The van der Waals surface area contributed by atoms with E-state index in [4.69, 9.17) is 5.73 Å². The lowest BCUT2D eigenvalue weighted by Crippen LogP contribution is -2.41. The number of anilines is 1. The summed E-state index contributed by atoms with van der Waals surface area (Å²) in [7, 11) is 0. The molecular weight excluding hydrogens is 260 g/mol. The lowest BCUT2D eigenvalue weighted by atomic mass is 9.92. The quantitative estimate of drug-likeness (QED) is 0.834. The highest BCUT2D eigenvalue weighted by atomic mass is 16.2. The number of nitrogens with zero attached hydrogens (tertiary/aromatic N) is 1. The summed E-state index contributed by atoms with van der Waals surface area (Å²) >= 11 is 0. The molecule has 3 nitrogen and oxygen atoms in total. The third-order valence-corrected chi connectivity index (χ3v) is 4.66. The minimum Gasteiger partial charge on any atom is -0.399 e. The fourth-order valence-electron chi connectivity index (χ4n) is 3.35. The van der Waals surface area contributed by atoms with Crippen LogP contribution in [0.1, 0.15) is 63.9 Å². The van der Waals surface area contributed by atoms with E-state index >= 15 is 0 Å². The standard InChI is InChI=1S/C18H28N2O/c1-3-20(17-7-5-4-6-8-17)18(21)13-14(2)15-9-11-16(19)12-10-15/h9-12,14,17H,3-8,13,19H2,1-2H3. The number of amides is 1. The van der Waals surface area contributed by atoms with Crippen LogP contribution in [0.25, 0.3) is 0 Å². The zero-order valence-electron chi connectivity index (χ0n) is 13.3. The molecule has 1 aromatic carbocycles. The Morgan fingerprint density at radius 2 is 1.86 bits per heavy atom. The van der Waals surface area contributed by atoms with Crippen molar-refractivity contribution < 1.29 is 4.79 Å². The minimum atomic E-state index is 0.246. The second-order valence-electron chi connectivity index (χ2n) is 6.24. The van der Waals surface area contributed by atoms with Crippen LogP contribution in [0.2, 0.25) is 0 Å². The molecule has 21 heavy (non-hydrogen) atoms. The Labute approximate surface area is 128 Å². The van der Waals surface area contributed by atoms with Crippen molar-refractivity contribution in [3.63, 3.8) is 0 Å². The average molecular weight is 288 g/mol. The van der Waals surface area contributed by atoms with Crippen LogP contribution in [0.15, 0.2) is 24.3 Å². The smallest absolute Gasteiger partial charge is 0.223 e. The van der Waals surface area contributed by atoms with Gasteiger partial charge in [0.1, 0.15) is 0 Å². The van der Waals surface area contributed by atoms with E-state index in [1.165, 1.54) is 37.7 Å². The fourth-order valence-corrected chi connectivity index (χ4v) is 3.35. The number of carbonyl (C=O) groups is 1. The van der Waals surface area contributed by atoms with E-state index in [-0.39, 0.29) is 5.92 Å². The van der Waals surface area contributed by atoms with Crippen LogP contribution in [-0.4, -0.2) is 23.4 Å². The summed E-state index contributed by atoms with van der Waals surface area (Å²) in [4.78, 5) is 14.7. The number of nitrogen functional groups attached to an aromatic ring is 1. The van der Waals surface area contributed by atoms with E-state index in [0.29, 0.717) is 18.4 Å². The maximum Gasteiger partial charge on any atom is 0.223 e. The molecule has 0 spiro atoms. The number of hydrogen-bond acceptors (Lipinski definition) is 2. The molecule has 116 valence electrons. The average Bonchev–Trinajstić information content (AvgIpc) is 2.49. The summed E-state index contributed by atoms with van der Waals surface area (Å²) in [6.45, 7) is 5.05. The largest absolute Gasteiger partial charge is 0.399 e. The number of benzene rings is 1. The first-order valence-corrected chi connectivity index (χ1v) is 8.26. The van der Waals surface area contributed by atoms with Crippen molar-refractivity contribution in [1.29, 1.82) is 0 Å². The summed E-state index contributed by atoms with van der Waals surface area (Å²) in [6.07, 6.45) is 6.80. The molecule has 1 aromatic rings. The van der Waals surface area contributed by atoms with Crippen molar-refractivity contribution >= 4 is 11.6 Å². The van der Waals surface area contributed by atoms with Gasteiger partial charge in [-0.1, -0.05) is 38.3 Å². The molecule has 2 rings (SSSR count). The zero-order chi connectivity index (χ0) is 15.2. The van der Waals surface area contributed by atoms with Gasteiger partial charge < -0.3 is 10.6 Å². The van der Waals surface area contributed by atoms with Gasteiger partial charge in [0.25, 0.3) is 0 Å². The van der Waals surface area contributed by atoms with Crippen molar-refractivity contribution in [3.8, 4) is 0 Å². The maximum atomic E-state index is 12.6. The van der Waals surface area contributed by atoms with Crippen LogP contribution in [0.5, 0.6) is 0 Å². The predicted octanol–water partition coefficient (Wildman–Crippen LogP) is 3.94. The minimum absolute atomic E-state index is 0.246. The van der Waals surface area contributed by atoms with Gasteiger partial charge >= 0.3 is 0 Å². The van der Waals surface area contributed by atoms with Crippen molar-refractivity contribution in [3.05, 3.63) is 29.8 Å². The van der Waals surface area contributed by atoms with Crippen molar-refractivity contribution in [2.24, 2.45) is 0 Å². The predicted molar refractivity (Wildman–Crippen MR) is 88.1 cm³/mol. The Balaban J connectivity index is 1.96. The first-order valence-electron chi connectivity index (χ1n) is 8.26. The van der Waals surface area contributed by atoms with Crippen LogP contribution in [0.4, 0.5) is 5.69 Å². The molecule has 0 saturated heterocycles. The summed E-state index contributed by atoms with van der Waals surface area (Å²) in [5.74, 6) is 0.546. The van der Waals surface area contributed by atoms with Gasteiger partial charge in [-0.25, -0.2) is 0 Å². The van der Waals surface area contributed by atoms with Crippen LogP contribution >= 0.6 is 0 Å². The SMILES string of the molecule is CCN(C(=O)CC(C)c1ccc(N)cc1)C1CCCCC1. The Morgan fingerprint density at radius 1 is 1.24 bits per heavy atom. The first-order chi connectivity index (χ1) is 10.1. The Bertz CT molecular complexity index is 449. The Hall–Kier alpha value is -1.51. The van der Waals surface area contributed by atoms with Gasteiger partial charge in [0, 0.05) is 24.7 Å². The van der Waals surface area contributed by atoms with Gasteiger partial charge in [-0.05, 0) is 43.4 Å². The van der Waals surface area contributed by atoms with Crippen LogP contribution in [0, 0.1) is 0 Å². The summed E-state index contributed by atoms with van der Waals surface area (Å²) in [5.41, 5.74) is 7.68. The second-order valence-corrected chi connectivity index (χ2v) is 6.24. The molecule has 0 aliphatic heterocycles. The van der Waals surface area contributed by atoms with Gasteiger partial charge in [0.15, 0.2) is 0 Å². The van der Waals surface area contributed by atoms with Crippen LogP contribution in [-0.2, 0) is 4.79 Å². The molecule has 2 N–H and O–H groups in total. The van der Waals surface area contributed by atoms with Crippen LogP contribution < -0.4 is 5.73 Å². The summed E-state index contributed by atoms with van der Waals surface area (Å²) < 4.78 is 0. The van der Waals surface area contributed by atoms with E-state index in [0.717, 1.165) is 12.2 Å². The molecule has 0 heterocycles. The topological polar surface area (TPSA) is 46.3 Å². The highest BCUT2D eigenvalue weighted by Crippen LogP contribution is 2.26. The number of carbonyl (C=O) groups excluding carboxylic acids is 1. The van der Waals surface area contributed by atoms with Crippen molar-refractivity contribution in [2.75, 3.05) is 12.3 Å². The molecule has 1 unspecified atom stereocenters. The monoisotopic (exact) mass is 288 g/mol. The van der Waals surface area contributed by atoms with E-state index in [2.05, 4.69) is 18.7 Å². The molecule has 1 fully saturated rings. The van der Waals surface area contributed by atoms with Gasteiger partial charge in [-0.15, -0.1) is 0 Å². The van der Waals surface area contributed by atoms with Crippen LogP contribution in [0.3, 0.4) is 0 Å². The van der Waals surface area contributed by atoms with E-state index in [9.17, 15) is 4.79 Å². The molecule has 1 saturated carbocycles. The van der Waals surface area contributed by atoms with E-state index in [1.807, 2.05) is 24.3 Å². The highest BCUT2D eigenvalue weighted by Gasteiger charge is 2.25. The Kier molecular flexibility index (Phi) is 5.66. The third-order valence-electron chi connectivity index (χ3n) is 4.66. The molecule has 3 heteroatoms. The van der Waals surface area contributed by atoms with Gasteiger partial charge in [0.2, 0.25) is 5.91 Å². The summed E-state index contributed by atoms with van der Waals surface area (Å²) in [6, 6.07) is 8.35. The molecule has 1 aliphatic rings. The van der Waals surface area contributed by atoms with Crippen molar-refractivity contribution in [1.82, 2.24) is 4.90 Å². The fraction of sp³-hybridized carbons (Fsp3) is 0.611. The normalized spacial score (nSPS) is 17.4. The molecule has 1 atom stereocenters. The molecule has 1 amide bonds. The second kappa shape index (κ2) is 7.48. The van der Waals surface area contributed by atoms with E-state index < -0.39 is 0 Å². The Morgan fingerprint density at radius 3 is 2.43 bits per heavy atom. The lowest BCUT2D eigenvalue weighted by Gasteiger charge is -2.34. The number of nitrogens with two attached hydrogens (primary N) is 1. The summed E-state index contributed by atoms with van der Waals surface area (Å²) in [5, 5.41) is 0. The number of rotatable bonds is 5. The number of hydrogen-bond donors (Lipinski definition) is 1. The van der Waals surface area contributed by atoms with Gasteiger partial charge in [-0.2, -0.15) is 0 Å². The highest BCUT2D eigenvalue weighted by molar-refractivity contribution is 5.77. The maximum absolute atomic E-state index is 12.6. The lowest BCUT2D eigenvalue weighted by molar-refractivity contribution is -0.134.